The summed E-state index contributed by atoms with van der Waals surface area (Å²) in [6, 6.07) is 11.2. The molecule has 0 bridgehead atoms. The molecule has 0 saturated carbocycles. The average Bonchev–Trinajstić information content (AvgIpc) is 2.56. The van der Waals surface area contributed by atoms with Crippen LogP contribution in [0.5, 0.6) is 0 Å². The zero-order valence-electron chi connectivity index (χ0n) is 13.0. The summed E-state index contributed by atoms with van der Waals surface area (Å²) in [6.45, 7) is 3.60. The van der Waals surface area contributed by atoms with Gasteiger partial charge < -0.3 is 9.47 Å². The van der Waals surface area contributed by atoms with Crippen molar-refractivity contribution in [3.8, 4) is 6.07 Å². The first kappa shape index (κ1) is 17.7. The summed E-state index contributed by atoms with van der Waals surface area (Å²) < 4.78 is 10.3. The molecule has 0 unspecified atom stereocenters. The highest BCUT2D eigenvalue weighted by Crippen LogP contribution is 2.30. The first-order valence-corrected chi connectivity index (χ1v) is 7.36. The van der Waals surface area contributed by atoms with E-state index in [0.717, 1.165) is 5.56 Å². The van der Waals surface area contributed by atoms with Crippen molar-refractivity contribution in [1.29, 1.82) is 5.26 Å². The Bertz CT molecular complexity index is 529. The minimum Gasteiger partial charge on any atom is -0.464 e. The van der Waals surface area contributed by atoms with Gasteiger partial charge in [0.1, 0.15) is 13.2 Å². The summed E-state index contributed by atoms with van der Waals surface area (Å²) in [5.41, 5.74) is -0.445. The molecule has 0 saturated heterocycles. The van der Waals surface area contributed by atoms with Crippen LogP contribution < -0.4 is 0 Å². The number of nitrogens with zero attached hydrogens (tertiary/aromatic N) is 1. The number of esters is 2. The molecule has 118 valence electrons. The Morgan fingerprint density at radius 3 is 2.23 bits per heavy atom. The third-order valence-electron chi connectivity index (χ3n) is 3.65. The maximum absolute atomic E-state index is 12.4. The lowest BCUT2D eigenvalue weighted by Gasteiger charge is -2.26. The van der Waals surface area contributed by atoms with Gasteiger partial charge in [-0.25, -0.2) is 0 Å². The lowest BCUT2D eigenvalue weighted by molar-refractivity contribution is -0.174. The number of benzene rings is 1. The molecule has 5 nitrogen and oxygen atoms in total. The van der Waals surface area contributed by atoms with E-state index in [1.54, 1.807) is 13.8 Å². The van der Waals surface area contributed by atoms with Crippen LogP contribution in [0.1, 0.15) is 38.7 Å². The molecule has 5 heteroatoms. The number of carbonyl (C=O) groups is 2. The highest BCUT2D eigenvalue weighted by atomic mass is 16.6. The molecule has 1 aromatic carbocycles. The Labute approximate surface area is 130 Å². The van der Waals surface area contributed by atoms with Crippen molar-refractivity contribution < 1.29 is 19.1 Å². The van der Waals surface area contributed by atoms with E-state index in [9.17, 15) is 9.59 Å². The molecule has 0 aliphatic rings. The second-order valence-corrected chi connectivity index (χ2v) is 4.89. The van der Waals surface area contributed by atoms with Crippen molar-refractivity contribution in [3.63, 3.8) is 0 Å². The van der Waals surface area contributed by atoms with E-state index >= 15 is 0 Å². The molecular weight excluding hydrogens is 282 g/mol. The maximum atomic E-state index is 12.4. The maximum Gasteiger partial charge on any atom is 0.323 e. The Morgan fingerprint density at radius 2 is 1.68 bits per heavy atom. The lowest BCUT2D eigenvalue weighted by atomic mass is 9.82. The van der Waals surface area contributed by atoms with Gasteiger partial charge >= 0.3 is 11.9 Å². The fourth-order valence-corrected chi connectivity index (χ4v) is 2.10. The molecular formula is C17H21NO4. The van der Waals surface area contributed by atoms with E-state index in [1.165, 1.54) is 0 Å². The predicted molar refractivity (Wildman–Crippen MR) is 80.4 cm³/mol. The third-order valence-corrected chi connectivity index (χ3v) is 3.65. The quantitative estimate of drug-likeness (QED) is 0.419. The van der Waals surface area contributed by atoms with Crippen molar-refractivity contribution in [3.05, 3.63) is 35.9 Å². The van der Waals surface area contributed by atoms with E-state index in [-0.39, 0.29) is 19.6 Å². The second-order valence-electron chi connectivity index (χ2n) is 4.89. The minimum absolute atomic E-state index is 0.0109. The first-order chi connectivity index (χ1) is 10.6. The van der Waals surface area contributed by atoms with Gasteiger partial charge in [0, 0.05) is 0 Å². The van der Waals surface area contributed by atoms with Crippen LogP contribution in [0.3, 0.4) is 0 Å². The molecule has 0 aromatic heterocycles. The Kier molecular flexibility index (Phi) is 7.11. The van der Waals surface area contributed by atoms with E-state index in [4.69, 9.17) is 14.7 Å². The van der Waals surface area contributed by atoms with Crippen LogP contribution in [0.25, 0.3) is 0 Å². The van der Waals surface area contributed by atoms with Gasteiger partial charge in [0.05, 0.1) is 12.5 Å². The van der Waals surface area contributed by atoms with E-state index in [1.807, 2.05) is 36.4 Å². The van der Waals surface area contributed by atoms with Crippen LogP contribution in [-0.4, -0.2) is 18.5 Å². The normalized spacial score (nSPS) is 10.6. The summed E-state index contributed by atoms with van der Waals surface area (Å²) in [6.07, 6.45) is 0.694. The summed E-state index contributed by atoms with van der Waals surface area (Å²) in [4.78, 5) is 24.6. The van der Waals surface area contributed by atoms with Gasteiger partial charge in [0.2, 0.25) is 0 Å². The molecule has 0 fully saturated rings. The average molecular weight is 303 g/mol. The van der Waals surface area contributed by atoms with Gasteiger partial charge in [-0.05, 0) is 18.4 Å². The van der Waals surface area contributed by atoms with Crippen LogP contribution in [0.15, 0.2) is 30.3 Å². The van der Waals surface area contributed by atoms with E-state index in [0.29, 0.717) is 12.8 Å². The zero-order valence-corrected chi connectivity index (χ0v) is 13.0. The van der Waals surface area contributed by atoms with Crippen LogP contribution in [0.4, 0.5) is 0 Å². The van der Waals surface area contributed by atoms with Crippen molar-refractivity contribution >= 4 is 11.9 Å². The van der Waals surface area contributed by atoms with Gasteiger partial charge in [-0.1, -0.05) is 44.2 Å². The molecule has 22 heavy (non-hydrogen) atoms. The Morgan fingerprint density at radius 1 is 1.09 bits per heavy atom. The summed E-state index contributed by atoms with van der Waals surface area (Å²) in [5.74, 6) is -1.20. The van der Waals surface area contributed by atoms with Gasteiger partial charge in [-0.3, -0.25) is 9.59 Å². The zero-order chi connectivity index (χ0) is 16.4. The molecule has 1 aromatic rings. The number of carbonyl (C=O) groups excluding carboxylic acids is 2. The Balaban J connectivity index is 2.73. The fourth-order valence-electron chi connectivity index (χ4n) is 2.10. The van der Waals surface area contributed by atoms with Gasteiger partial charge in [-0.2, -0.15) is 5.26 Å². The molecule has 0 N–H and O–H groups in total. The minimum atomic E-state index is -1.30. The summed E-state index contributed by atoms with van der Waals surface area (Å²) in [7, 11) is 0. The molecule has 0 atom stereocenters. The third kappa shape index (κ3) is 4.32. The van der Waals surface area contributed by atoms with E-state index < -0.39 is 17.4 Å². The number of ether oxygens (including phenoxy) is 2. The van der Waals surface area contributed by atoms with Crippen LogP contribution in [0, 0.1) is 16.7 Å². The van der Waals surface area contributed by atoms with Crippen molar-refractivity contribution in [1.82, 2.24) is 0 Å². The summed E-state index contributed by atoms with van der Waals surface area (Å²) >= 11 is 0. The molecule has 0 spiro atoms. The number of hydrogen-bond donors (Lipinski definition) is 0. The van der Waals surface area contributed by atoms with Crippen molar-refractivity contribution in [2.75, 3.05) is 6.61 Å². The van der Waals surface area contributed by atoms with Gasteiger partial charge in [0.15, 0.2) is 5.41 Å². The standard InChI is InChI=1S/C17H21NO4/c1-3-17(4-2,15(19)21-12-8-11-18)16(20)22-13-14-9-6-5-7-10-14/h5-7,9-10H,3-4,8,12-13H2,1-2H3. The monoisotopic (exact) mass is 303 g/mol. The van der Waals surface area contributed by atoms with Crippen molar-refractivity contribution in [2.45, 2.75) is 39.7 Å². The molecule has 0 radical (unpaired) electrons. The van der Waals surface area contributed by atoms with Crippen LogP contribution in [-0.2, 0) is 25.7 Å². The number of nitriles is 1. The first-order valence-electron chi connectivity index (χ1n) is 7.36. The molecule has 0 aliphatic carbocycles. The largest absolute Gasteiger partial charge is 0.464 e. The highest BCUT2D eigenvalue weighted by molar-refractivity contribution is 5.99. The number of rotatable bonds is 8. The second kappa shape index (κ2) is 8.83. The van der Waals surface area contributed by atoms with Crippen LogP contribution >= 0.6 is 0 Å². The SMILES string of the molecule is CCC(CC)(C(=O)OCCC#N)C(=O)OCc1ccccc1. The lowest BCUT2D eigenvalue weighted by Crippen LogP contribution is -2.41. The number of hydrogen-bond acceptors (Lipinski definition) is 5. The van der Waals surface area contributed by atoms with Crippen LogP contribution in [0.2, 0.25) is 0 Å². The highest BCUT2D eigenvalue weighted by Gasteiger charge is 2.45. The topological polar surface area (TPSA) is 76.4 Å². The fraction of sp³-hybridized carbons (Fsp3) is 0.471. The van der Waals surface area contributed by atoms with Crippen molar-refractivity contribution in [2.24, 2.45) is 5.41 Å². The molecule has 1 rings (SSSR count). The Hall–Kier alpha value is -2.35. The van der Waals surface area contributed by atoms with E-state index in [2.05, 4.69) is 0 Å². The summed E-state index contributed by atoms with van der Waals surface area (Å²) in [5, 5.41) is 8.48. The smallest absolute Gasteiger partial charge is 0.323 e. The van der Waals surface area contributed by atoms with Gasteiger partial charge in [-0.15, -0.1) is 0 Å². The predicted octanol–water partition coefficient (Wildman–Crippen LogP) is 2.99. The molecule has 0 aliphatic heterocycles. The molecule has 0 heterocycles. The molecule has 0 amide bonds. The van der Waals surface area contributed by atoms with Gasteiger partial charge in [0.25, 0.3) is 0 Å².